The second kappa shape index (κ2) is 10.5. The molecule has 34 heavy (non-hydrogen) atoms. The molecule has 1 spiro atoms. The highest BCUT2D eigenvalue weighted by Gasteiger charge is 2.80. The highest BCUT2D eigenvalue weighted by atomic mass is 16.5. The lowest BCUT2D eigenvalue weighted by Gasteiger charge is -2.37. The Kier molecular flexibility index (Phi) is 8.33. The molecule has 0 aromatic heterocycles. The summed E-state index contributed by atoms with van der Waals surface area (Å²) in [6, 6.07) is -1.35. The van der Waals surface area contributed by atoms with Crippen LogP contribution in [0.1, 0.15) is 80.1 Å². The Labute approximate surface area is 204 Å². The fourth-order valence-corrected chi connectivity index (χ4v) is 6.63. The third-order valence-corrected chi connectivity index (χ3v) is 8.26. The lowest BCUT2D eigenvalue weighted by Crippen LogP contribution is -2.58. The number of likely N-dealkylation sites (tertiary alicyclic amines) is 1. The fourth-order valence-electron chi connectivity index (χ4n) is 6.63. The molecule has 3 aliphatic heterocycles. The first-order valence-electron chi connectivity index (χ1n) is 13.3. The van der Waals surface area contributed by atoms with Gasteiger partial charge in [-0.25, -0.2) is 0 Å². The van der Waals surface area contributed by atoms with E-state index in [0.717, 1.165) is 25.7 Å². The summed E-state index contributed by atoms with van der Waals surface area (Å²) in [4.78, 5) is 42.7. The van der Waals surface area contributed by atoms with Crippen LogP contribution in [-0.4, -0.2) is 70.7 Å². The predicted molar refractivity (Wildman–Crippen MR) is 130 cm³/mol. The van der Waals surface area contributed by atoms with Gasteiger partial charge >= 0.3 is 0 Å². The minimum absolute atomic E-state index is 0.0157. The molecule has 194 valence electrons. The van der Waals surface area contributed by atoms with Gasteiger partial charge < -0.3 is 25.4 Å². The molecule has 0 radical (unpaired) electrons. The first-order chi connectivity index (χ1) is 16.1. The zero-order valence-corrected chi connectivity index (χ0v) is 21.9. The number of ether oxygens (including phenoxy) is 1. The lowest BCUT2D eigenvalue weighted by molar-refractivity contribution is -0.151. The molecule has 8 heteroatoms. The Bertz CT molecular complexity index is 774. The Hall–Kier alpha value is -1.67. The summed E-state index contributed by atoms with van der Waals surface area (Å²) in [7, 11) is 0. The zero-order valence-electron chi connectivity index (χ0n) is 21.9. The third kappa shape index (κ3) is 4.36. The average Bonchev–Trinajstić information content (AvgIpc) is 3.30. The molecule has 2 bridgehead atoms. The van der Waals surface area contributed by atoms with Crippen molar-refractivity contribution in [1.82, 2.24) is 15.5 Å². The molecular weight excluding hydrogens is 434 g/mol. The number of aliphatic hydroxyl groups is 1. The number of hydrogen-bond donors (Lipinski definition) is 3. The van der Waals surface area contributed by atoms with E-state index in [2.05, 4.69) is 17.6 Å². The van der Waals surface area contributed by atoms with Crippen molar-refractivity contribution in [2.24, 2.45) is 23.7 Å². The highest BCUT2D eigenvalue weighted by Crippen LogP contribution is 2.65. The Morgan fingerprint density at radius 3 is 2.41 bits per heavy atom. The number of aliphatic hydroxyl groups excluding tert-OH is 1. The molecule has 0 aromatic carbocycles. The van der Waals surface area contributed by atoms with Gasteiger partial charge in [-0.2, -0.15) is 0 Å². The standard InChI is InChI=1S/C26H45N3O5/c1-7-9-10-12-28-23(32)21-26-14-17(5)25(6,34-26)19(22(31)27-11-8-2)20(26)24(33)29(21)18(15-30)13-16(3)4/h16-21,30H,7-15H2,1-6H3,(H,27,31)(H,28,32)/t17?,18-,19+,20+,21?,25-,26?/m1/s1. The van der Waals surface area contributed by atoms with Gasteiger partial charge in [-0.15, -0.1) is 0 Å². The minimum Gasteiger partial charge on any atom is -0.394 e. The first kappa shape index (κ1) is 26.9. The van der Waals surface area contributed by atoms with Crippen LogP contribution in [0.3, 0.4) is 0 Å². The second-order valence-corrected chi connectivity index (χ2v) is 11.2. The maximum Gasteiger partial charge on any atom is 0.245 e. The van der Waals surface area contributed by atoms with E-state index in [1.54, 1.807) is 4.90 Å². The number of fused-ring (bicyclic) bond motifs is 1. The van der Waals surface area contributed by atoms with Crippen LogP contribution in [0.15, 0.2) is 0 Å². The number of hydrogen-bond acceptors (Lipinski definition) is 5. The molecule has 3 aliphatic rings. The molecule has 3 N–H and O–H groups in total. The van der Waals surface area contributed by atoms with Crippen LogP contribution in [0, 0.1) is 23.7 Å². The van der Waals surface area contributed by atoms with Gasteiger partial charge in [0.05, 0.1) is 30.1 Å². The summed E-state index contributed by atoms with van der Waals surface area (Å²) in [5, 5.41) is 16.3. The van der Waals surface area contributed by atoms with Gasteiger partial charge in [-0.1, -0.05) is 47.5 Å². The van der Waals surface area contributed by atoms with Crippen molar-refractivity contribution in [3.8, 4) is 0 Å². The number of carbonyl (C=O) groups is 3. The van der Waals surface area contributed by atoms with Crippen LogP contribution in [0.4, 0.5) is 0 Å². The maximum absolute atomic E-state index is 14.1. The van der Waals surface area contributed by atoms with Crippen molar-refractivity contribution in [2.75, 3.05) is 19.7 Å². The number of nitrogens with zero attached hydrogens (tertiary/aromatic N) is 1. The number of amides is 3. The first-order valence-corrected chi connectivity index (χ1v) is 13.3. The molecule has 8 nitrogen and oxygen atoms in total. The van der Waals surface area contributed by atoms with Crippen LogP contribution in [0.2, 0.25) is 0 Å². The van der Waals surface area contributed by atoms with E-state index in [1.807, 2.05) is 34.6 Å². The van der Waals surface area contributed by atoms with Crippen molar-refractivity contribution in [3.05, 3.63) is 0 Å². The van der Waals surface area contributed by atoms with Crippen molar-refractivity contribution < 1.29 is 24.2 Å². The van der Waals surface area contributed by atoms with E-state index >= 15 is 0 Å². The molecule has 3 heterocycles. The topological polar surface area (TPSA) is 108 Å². The maximum atomic E-state index is 14.1. The summed E-state index contributed by atoms with van der Waals surface area (Å²) >= 11 is 0. The van der Waals surface area contributed by atoms with Crippen LogP contribution in [0.25, 0.3) is 0 Å². The molecule has 3 unspecified atom stereocenters. The molecule has 7 atom stereocenters. The average molecular weight is 480 g/mol. The van der Waals surface area contributed by atoms with E-state index in [9.17, 15) is 19.5 Å². The number of unbranched alkanes of at least 4 members (excludes halogenated alkanes) is 2. The van der Waals surface area contributed by atoms with Gasteiger partial charge in [-0.05, 0) is 44.4 Å². The Morgan fingerprint density at radius 1 is 1.15 bits per heavy atom. The van der Waals surface area contributed by atoms with Crippen LogP contribution in [0.5, 0.6) is 0 Å². The smallest absolute Gasteiger partial charge is 0.245 e. The zero-order chi connectivity index (χ0) is 25.3. The molecule has 3 fully saturated rings. The highest BCUT2D eigenvalue weighted by molar-refractivity contribution is 5.99. The molecule has 3 saturated heterocycles. The van der Waals surface area contributed by atoms with Crippen LogP contribution < -0.4 is 10.6 Å². The van der Waals surface area contributed by atoms with Gasteiger partial charge in [0.1, 0.15) is 11.6 Å². The largest absolute Gasteiger partial charge is 0.394 e. The van der Waals surface area contributed by atoms with Crippen LogP contribution in [-0.2, 0) is 19.1 Å². The van der Waals surface area contributed by atoms with Gasteiger partial charge in [0, 0.05) is 13.1 Å². The number of rotatable bonds is 12. The van der Waals surface area contributed by atoms with Gasteiger partial charge in [0.2, 0.25) is 17.7 Å². The van der Waals surface area contributed by atoms with Crippen molar-refractivity contribution >= 4 is 17.7 Å². The summed E-state index contributed by atoms with van der Waals surface area (Å²) in [6.07, 6.45) is 4.84. The molecule has 3 rings (SSSR count). The van der Waals surface area contributed by atoms with Gasteiger partial charge in [0.25, 0.3) is 0 Å². The molecule has 0 aromatic rings. The SMILES string of the molecule is CCCCCNC(=O)C1N([C@@H](CO)CC(C)C)C(=O)[C@@H]2[C@@H](C(=O)NCCC)[C@]3(C)OC12CC3C. The van der Waals surface area contributed by atoms with E-state index < -0.39 is 35.1 Å². The summed E-state index contributed by atoms with van der Waals surface area (Å²) in [5.41, 5.74) is -1.86. The lowest BCUT2D eigenvalue weighted by atomic mass is 9.62. The molecular formula is C26H45N3O5. The summed E-state index contributed by atoms with van der Waals surface area (Å²) < 4.78 is 6.69. The number of nitrogens with one attached hydrogen (secondary N) is 2. The Morgan fingerprint density at radius 2 is 1.82 bits per heavy atom. The molecule has 0 aliphatic carbocycles. The van der Waals surface area contributed by atoms with Gasteiger partial charge in [0.15, 0.2) is 0 Å². The predicted octanol–water partition coefficient (Wildman–Crippen LogP) is 2.24. The van der Waals surface area contributed by atoms with Crippen molar-refractivity contribution in [3.63, 3.8) is 0 Å². The summed E-state index contributed by atoms with van der Waals surface area (Å²) in [5.74, 6) is -1.78. The molecule has 0 saturated carbocycles. The van der Waals surface area contributed by atoms with Crippen molar-refractivity contribution in [2.45, 2.75) is 103 Å². The van der Waals surface area contributed by atoms with Crippen LogP contribution >= 0.6 is 0 Å². The second-order valence-electron chi connectivity index (χ2n) is 11.2. The third-order valence-electron chi connectivity index (χ3n) is 8.26. The number of carbonyl (C=O) groups excluding carboxylic acids is 3. The minimum atomic E-state index is -1.06. The van der Waals surface area contributed by atoms with E-state index in [1.165, 1.54) is 0 Å². The van der Waals surface area contributed by atoms with E-state index in [0.29, 0.717) is 25.9 Å². The van der Waals surface area contributed by atoms with Crippen molar-refractivity contribution in [1.29, 1.82) is 0 Å². The monoisotopic (exact) mass is 479 g/mol. The quantitative estimate of drug-likeness (QED) is 0.372. The van der Waals surface area contributed by atoms with Gasteiger partial charge in [-0.3, -0.25) is 14.4 Å². The van der Waals surface area contributed by atoms with E-state index in [4.69, 9.17) is 4.74 Å². The van der Waals surface area contributed by atoms with E-state index in [-0.39, 0.29) is 36.2 Å². The molecule has 3 amide bonds. The normalized spacial score (nSPS) is 35.1. The Balaban J connectivity index is 2.03. The summed E-state index contributed by atoms with van der Waals surface area (Å²) in [6.45, 7) is 13.0. The fraction of sp³-hybridized carbons (Fsp3) is 0.885.